The van der Waals surface area contributed by atoms with E-state index in [0.717, 1.165) is 16.8 Å². The van der Waals surface area contributed by atoms with E-state index in [0.29, 0.717) is 0 Å². The van der Waals surface area contributed by atoms with E-state index >= 15 is 0 Å². The Morgan fingerprint density at radius 1 is 0.400 bits per heavy atom. The number of fused-ring (bicyclic) bond motifs is 11. The molecule has 0 radical (unpaired) electrons. The summed E-state index contributed by atoms with van der Waals surface area (Å²) in [4.78, 5) is 5.25. The van der Waals surface area contributed by atoms with Gasteiger partial charge in [-0.2, -0.15) is 0 Å². The third kappa shape index (κ3) is 2.57. The number of nitrogens with zero attached hydrogens (tertiary/aromatic N) is 3. The third-order valence-corrected chi connectivity index (χ3v) is 8.74. The summed E-state index contributed by atoms with van der Waals surface area (Å²) in [6.45, 7) is 0. The summed E-state index contributed by atoms with van der Waals surface area (Å²) in [5.74, 6) is 0.964. The monoisotopic (exact) mass is 507 g/mol. The highest BCUT2D eigenvalue weighted by Gasteiger charge is 2.22. The lowest BCUT2D eigenvalue weighted by Crippen LogP contribution is -1.86. The molecule has 3 nitrogen and oxygen atoms in total. The van der Waals surface area contributed by atoms with Gasteiger partial charge in [0.1, 0.15) is 0 Å². The fourth-order valence-corrected chi connectivity index (χ4v) is 6.86. The van der Waals surface area contributed by atoms with Crippen molar-refractivity contribution in [2.24, 2.45) is 0 Å². The molecule has 3 heteroatoms. The maximum absolute atomic E-state index is 5.25. The number of aromatic nitrogens is 3. The molecule has 0 saturated heterocycles. The predicted molar refractivity (Wildman–Crippen MR) is 168 cm³/mol. The molecule has 0 bridgehead atoms. The van der Waals surface area contributed by atoms with E-state index in [-0.39, 0.29) is 0 Å². The third-order valence-electron chi connectivity index (χ3n) is 8.74. The van der Waals surface area contributed by atoms with Crippen molar-refractivity contribution < 1.29 is 0 Å². The Morgan fingerprint density at radius 2 is 1.02 bits per heavy atom. The Bertz CT molecular complexity index is 2650. The van der Waals surface area contributed by atoms with Crippen LogP contribution < -0.4 is 0 Å². The summed E-state index contributed by atoms with van der Waals surface area (Å²) in [5.41, 5.74) is 8.22. The van der Waals surface area contributed by atoms with Crippen LogP contribution in [-0.2, 0) is 0 Å². The number of benzene rings is 7. The summed E-state index contributed by atoms with van der Waals surface area (Å²) in [6.07, 6.45) is 0. The largest absolute Gasteiger partial charge is 0.277 e. The second-order valence-corrected chi connectivity index (χ2v) is 10.9. The van der Waals surface area contributed by atoms with Crippen LogP contribution in [0.4, 0.5) is 0 Å². The molecule has 0 atom stereocenters. The van der Waals surface area contributed by atoms with Crippen molar-refractivity contribution in [2.45, 2.75) is 0 Å². The molecule has 0 spiro atoms. The zero-order valence-corrected chi connectivity index (χ0v) is 21.5. The predicted octanol–water partition coefficient (Wildman–Crippen LogP) is 9.61. The van der Waals surface area contributed by atoms with Crippen molar-refractivity contribution >= 4 is 76.5 Å². The maximum atomic E-state index is 5.25. The van der Waals surface area contributed by atoms with Crippen molar-refractivity contribution in [3.05, 3.63) is 127 Å². The molecular formula is C37H21N3. The lowest BCUT2D eigenvalue weighted by Gasteiger charge is -2.07. The first-order valence-electron chi connectivity index (χ1n) is 13.7. The Balaban J connectivity index is 1.42. The van der Waals surface area contributed by atoms with Gasteiger partial charge in [-0.15, -0.1) is 0 Å². The van der Waals surface area contributed by atoms with E-state index < -0.39 is 0 Å². The van der Waals surface area contributed by atoms with Crippen LogP contribution in [-0.4, -0.2) is 13.8 Å². The summed E-state index contributed by atoms with van der Waals surface area (Å²) in [5, 5.41) is 9.98. The number of hydrogen-bond donors (Lipinski definition) is 0. The molecule has 0 amide bonds. The summed E-state index contributed by atoms with van der Waals surface area (Å²) in [7, 11) is 0. The van der Waals surface area contributed by atoms with E-state index in [1.807, 2.05) is 0 Å². The molecule has 40 heavy (non-hydrogen) atoms. The second-order valence-electron chi connectivity index (χ2n) is 10.9. The molecule has 0 aliphatic carbocycles. The van der Waals surface area contributed by atoms with Crippen LogP contribution in [0.25, 0.3) is 87.6 Å². The van der Waals surface area contributed by atoms with E-state index in [1.165, 1.54) is 70.8 Å². The molecule has 10 rings (SSSR count). The highest BCUT2D eigenvalue weighted by molar-refractivity contribution is 6.20. The van der Waals surface area contributed by atoms with E-state index in [4.69, 9.17) is 4.98 Å². The standard InChI is InChI=1S/C37H21N3/c1-2-8-23-15-28(14-13-22(23)7-1)29-17-31-30-16-24-9-3-5-11-26(24)19-33(30)40-36(31)35(21-29)39-34-20-27-12-6-4-10-25(27)18-32(34)38-37(39)40/h1-21H. The molecular weight excluding hydrogens is 486 g/mol. The molecule has 0 aliphatic heterocycles. The van der Waals surface area contributed by atoms with Gasteiger partial charge in [0.15, 0.2) is 0 Å². The van der Waals surface area contributed by atoms with Gasteiger partial charge in [-0.1, -0.05) is 84.9 Å². The van der Waals surface area contributed by atoms with Gasteiger partial charge in [0.25, 0.3) is 0 Å². The van der Waals surface area contributed by atoms with Gasteiger partial charge in [0, 0.05) is 10.8 Å². The summed E-state index contributed by atoms with van der Waals surface area (Å²) in [6, 6.07) is 46.5. The second kappa shape index (κ2) is 7.16. The molecule has 7 aromatic carbocycles. The SMILES string of the molecule is c1ccc2cc(-c3cc4c5cc6ccccc6cc5n5c4c(c3)n3c4cc6ccccc6cc4nc35)ccc2c1. The number of hydrogen-bond acceptors (Lipinski definition) is 1. The quantitative estimate of drug-likeness (QED) is 0.217. The first kappa shape index (κ1) is 20.5. The Hall–Kier alpha value is -5.41. The normalized spacial score (nSPS) is 12.5. The maximum Gasteiger partial charge on any atom is 0.220 e. The van der Waals surface area contributed by atoms with Crippen LogP contribution in [0.1, 0.15) is 0 Å². The fraction of sp³-hybridized carbons (Fsp3) is 0. The zero-order valence-electron chi connectivity index (χ0n) is 21.5. The van der Waals surface area contributed by atoms with Crippen molar-refractivity contribution in [2.75, 3.05) is 0 Å². The van der Waals surface area contributed by atoms with Crippen LogP contribution in [0, 0.1) is 0 Å². The van der Waals surface area contributed by atoms with E-state index in [1.54, 1.807) is 0 Å². The number of imidazole rings is 2. The topological polar surface area (TPSA) is 21.7 Å². The molecule has 10 aromatic rings. The van der Waals surface area contributed by atoms with Gasteiger partial charge in [-0.3, -0.25) is 8.80 Å². The van der Waals surface area contributed by atoms with Gasteiger partial charge in [-0.05, 0) is 85.9 Å². The van der Waals surface area contributed by atoms with Crippen LogP contribution >= 0.6 is 0 Å². The molecule has 3 aromatic heterocycles. The van der Waals surface area contributed by atoms with Crippen LogP contribution in [0.5, 0.6) is 0 Å². The van der Waals surface area contributed by atoms with Crippen molar-refractivity contribution in [3.63, 3.8) is 0 Å². The number of rotatable bonds is 1. The van der Waals surface area contributed by atoms with Crippen molar-refractivity contribution in [1.82, 2.24) is 13.8 Å². The Kier molecular flexibility index (Phi) is 3.68. The van der Waals surface area contributed by atoms with Crippen molar-refractivity contribution in [1.29, 1.82) is 0 Å². The van der Waals surface area contributed by atoms with Gasteiger partial charge in [0.05, 0.1) is 27.6 Å². The molecule has 3 heterocycles. The van der Waals surface area contributed by atoms with Gasteiger partial charge in [0.2, 0.25) is 5.78 Å². The minimum Gasteiger partial charge on any atom is -0.277 e. The smallest absolute Gasteiger partial charge is 0.220 e. The molecule has 0 saturated carbocycles. The summed E-state index contributed by atoms with van der Waals surface area (Å²) >= 11 is 0. The van der Waals surface area contributed by atoms with Crippen LogP contribution in [0.3, 0.4) is 0 Å². The molecule has 0 N–H and O–H groups in total. The highest BCUT2D eigenvalue weighted by atomic mass is 15.2. The molecule has 0 aliphatic rings. The fourth-order valence-electron chi connectivity index (χ4n) is 6.86. The molecule has 0 unspecified atom stereocenters. The Labute approximate surface area is 228 Å². The average Bonchev–Trinajstić information content (AvgIpc) is 3.63. The van der Waals surface area contributed by atoms with Crippen molar-refractivity contribution in [3.8, 4) is 11.1 Å². The van der Waals surface area contributed by atoms with Gasteiger partial charge >= 0.3 is 0 Å². The average molecular weight is 508 g/mol. The minimum atomic E-state index is 0.964. The van der Waals surface area contributed by atoms with E-state index in [9.17, 15) is 0 Å². The lowest BCUT2D eigenvalue weighted by atomic mass is 9.98. The zero-order chi connectivity index (χ0) is 25.9. The summed E-state index contributed by atoms with van der Waals surface area (Å²) < 4.78 is 4.74. The van der Waals surface area contributed by atoms with E-state index in [2.05, 4.69) is 136 Å². The molecule has 184 valence electrons. The first-order chi connectivity index (χ1) is 19.8. The minimum absolute atomic E-state index is 0.964. The van der Waals surface area contributed by atoms with Crippen LogP contribution in [0.2, 0.25) is 0 Å². The van der Waals surface area contributed by atoms with Crippen LogP contribution in [0.15, 0.2) is 127 Å². The highest BCUT2D eigenvalue weighted by Crippen LogP contribution is 2.41. The van der Waals surface area contributed by atoms with Gasteiger partial charge in [-0.25, -0.2) is 4.98 Å². The Morgan fingerprint density at radius 3 is 1.77 bits per heavy atom. The lowest BCUT2D eigenvalue weighted by molar-refractivity contribution is 1.22. The van der Waals surface area contributed by atoms with Gasteiger partial charge < -0.3 is 0 Å². The molecule has 0 fully saturated rings. The first-order valence-corrected chi connectivity index (χ1v) is 13.7.